The SMILES string of the molecule is CCCCCCCCCCCCCCC(Oc1ccc2oc3c(c2c1)CCCC3)(C(=O)O)C(=O)O. The summed E-state index contributed by atoms with van der Waals surface area (Å²) in [7, 11) is 0. The molecule has 0 unspecified atom stereocenters. The predicted octanol–water partition coefficient (Wildman–Crippen LogP) is 7.69. The number of rotatable bonds is 17. The Morgan fingerprint density at radius 3 is 2.03 bits per heavy atom. The summed E-state index contributed by atoms with van der Waals surface area (Å²) in [5, 5.41) is 20.6. The van der Waals surface area contributed by atoms with Crippen LogP contribution >= 0.6 is 0 Å². The molecule has 1 heterocycles. The fraction of sp³-hybridized carbons (Fsp3) is 0.655. The van der Waals surface area contributed by atoms with Crippen LogP contribution in [0.4, 0.5) is 0 Å². The third kappa shape index (κ3) is 7.25. The zero-order chi connectivity index (χ0) is 25.1. The molecule has 35 heavy (non-hydrogen) atoms. The Balaban J connectivity index is 1.50. The maximum Gasteiger partial charge on any atom is 0.360 e. The Labute approximate surface area is 209 Å². The topological polar surface area (TPSA) is 97.0 Å². The van der Waals surface area contributed by atoms with Crippen LogP contribution in [0.2, 0.25) is 0 Å². The standard InChI is InChI=1S/C29H42O6/c1-2-3-4-5-6-7-8-9-10-11-12-15-20-29(27(30)31,28(32)33)35-22-18-19-26-24(21-22)23-16-13-14-17-25(23)34-26/h18-19,21H,2-17,20H2,1H3,(H,30,31)(H,32,33). The number of hydrogen-bond donors (Lipinski definition) is 2. The van der Waals surface area contributed by atoms with Gasteiger partial charge in [-0.2, -0.15) is 0 Å². The second kappa shape index (κ2) is 13.6. The van der Waals surface area contributed by atoms with Crippen LogP contribution < -0.4 is 4.74 Å². The van der Waals surface area contributed by atoms with E-state index in [1.165, 1.54) is 51.4 Å². The molecule has 3 rings (SSSR count). The minimum atomic E-state index is -2.28. The van der Waals surface area contributed by atoms with Crippen molar-refractivity contribution in [3.8, 4) is 5.75 Å². The highest BCUT2D eigenvalue weighted by atomic mass is 16.6. The number of unbranched alkanes of at least 4 members (excludes halogenated alkanes) is 11. The minimum Gasteiger partial charge on any atom is -0.478 e. The lowest BCUT2D eigenvalue weighted by molar-refractivity contribution is -0.173. The van der Waals surface area contributed by atoms with Gasteiger partial charge in [0.2, 0.25) is 0 Å². The van der Waals surface area contributed by atoms with Gasteiger partial charge < -0.3 is 19.4 Å². The molecule has 6 nitrogen and oxygen atoms in total. The number of ether oxygens (including phenoxy) is 1. The van der Waals surface area contributed by atoms with Gasteiger partial charge in [0, 0.05) is 23.8 Å². The van der Waals surface area contributed by atoms with E-state index >= 15 is 0 Å². The van der Waals surface area contributed by atoms with Crippen molar-refractivity contribution in [2.75, 3.05) is 0 Å². The van der Waals surface area contributed by atoms with E-state index in [-0.39, 0.29) is 12.2 Å². The second-order valence-electron chi connectivity index (χ2n) is 10.0. The van der Waals surface area contributed by atoms with Gasteiger partial charge in [-0.05, 0) is 43.9 Å². The molecule has 0 saturated carbocycles. The van der Waals surface area contributed by atoms with Gasteiger partial charge in [0.05, 0.1) is 0 Å². The molecule has 1 aromatic heterocycles. The first-order chi connectivity index (χ1) is 17.0. The summed E-state index contributed by atoms with van der Waals surface area (Å²) in [6.45, 7) is 2.23. The molecule has 1 aromatic carbocycles. The van der Waals surface area contributed by atoms with Crippen LogP contribution in [0.3, 0.4) is 0 Å². The summed E-state index contributed by atoms with van der Waals surface area (Å²) in [6.07, 6.45) is 17.6. The van der Waals surface area contributed by atoms with Crippen LogP contribution in [-0.2, 0) is 22.4 Å². The Morgan fingerprint density at radius 1 is 0.857 bits per heavy atom. The number of aliphatic carboxylic acids is 2. The third-order valence-corrected chi connectivity index (χ3v) is 7.29. The monoisotopic (exact) mass is 486 g/mol. The smallest absolute Gasteiger partial charge is 0.360 e. The average Bonchev–Trinajstić information content (AvgIpc) is 3.21. The highest BCUT2D eigenvalue weighted by Gasteiger charge is 2.49. The second-order valence-corrected chi connectivity index (χ2v) is 10.0. The van der Waals surface area contributed by atoms with Gasteiger partial charge in [-0.3, -0.25) is 0 Å². The molecule has 2 aromatic rings. The summed E-state index contributed by atoms with van der Waals surface area (Å²) in [6, 6.07) is 5.10. The number of benzene rings is 1. The Morgan fingerprint density at radius 2 is 1.43 bits per heavy atom. The molecule has 6 heteroatoms. The van der Waals surface area contributed by atoms with Gasteiger partial charge in [0.25, 0.3) is 0 Å². The maximum absolute atomic E-state index is 12.1. The Hall–Kier alpha value is -2.50. The number of hydrogen-bond acceptors (Lipinski definition) is 4. The van der Waals surface area contributed by atoms with E-state index in [4.69, 9.17) is 9.15 Å². The predicted molar refractivity (Wildman–Crippen MR) is 137 cm³/mol. The van der Waals surface area contributed by atoms with Gasteiger partial charge >= 0.3 is 17.5 Å². The minimum absolute atomic E-state index is 0.0589. The summed E-state index contributed by atoms with van der Waals surface area (Å²) in [4.78, 5) is 24.2. The molecular weight excluding hydrogens is 444 g/mol. The third-order valence-electron chi connectivity index (χ3n) is 7.29. The maximum atomic E-state index is 12.1. The summed E-state index contributed by atoms with van der Waals surface area (Å²) in [5.41, 5.74) is -0.411. The number of furan rings is 1. The van der Waals surface area contributed by atoms with Gasteiger partial charge in [-0.25, -0.2) is 9.59 Å². The van der Waals surface area contributed by atoms with E-state index in [2.05, 4.69) is 6.92 Å². The summed E-state index contributed by atoms with van der Waals surface area (Å²) in [5.74, 6) is -1.68. The van der Waals surface area contributed by atoms with Gasteiger partial charge in [-0.1, -0.05) is 77.6 Å². The fourth-order valence-corrected chi connectivity index (χ4v) is 5.17. The largest absolute Gasteiger partial charge is 0.478 e. The van der Waals surface area contributed by atoms with E-state index in [0.717, 1.165) is 67.2 Å². The lowest BCUT2D eigenvalue weighted by atomic mass is 9.94. The molecule has 0 bridgehead atoms. The molecule has 0 spiro atoms. The molecule has 1 aliphatic carbocycles. The number of carboxylic acids is 2. The van der Waals surface area contributed by atoms with Crippen LogP contribution in [0.1, 0.15) is 115 Å². The van der Waals surface area contributed by atoms with Gasteiger partial charge in [0.1, 0.15) is 17.1 Å². The van der Waals surface area contributed by atoms with Crippen LogP contribution in [-0.4, -0.2) is 27.8 Å². The number of carbonyl (C=O) groups is 2. The van der Waals surface area contributed by atoms with Crippen molar-refractivity contribution in [2.24, 2.45) is 0 Å². The first kappa shape index (κ1) is 27.1. The molecule has 0 radical (unpaired) electrons. The first-order valence-electron chi connectivity index (χ1n) is 13.7. The van der Waals surface area contributed by atoms with Crippen LogP contribution in [0.25, 0.3) is 11.0 Å². The lowest BCUT2D eigenvalue weighted by Crippen LogP contribution is -2.51. The molecule has 194 valence electrons. The lowest BCUT2D eigenvalue weighted by Gasteiger charge is -2.26. The van der Waals surface area contributed by atoms with Crippen LogP contribution in [0, 0.1) is 0 Å². The summed E-state index contributed by atoms with van der Waals surface area (Å²) >= 11 is 0. The first-order valence-corrected chi connectivity index (χ1v) is 13.7. The van der Waals surface area contributed by atoms with Crippen molar-refractivity contribution in [3.05, 3.63) is 29.5 Å². The highest BCUT2D eigenvalue weighted by molar-refractivity contribution is 6.02. The van der Waals surface area contributed by atoms with Crippen molar-refractivity contribution < 1.29 is 29.0 Å². The Kier molecular flexibility index (Phi) is 10.5. The van der Waals surface area contributed by atoms with Crippen molar-refractivity contribution in [1.82, 2.24) is 0 Å². The highest BCUT2D eigenvalue weighted by Crippen LogP contribution is 2.35. The quantitative estimate of drug-likeness (QED) is 0.176. The van der Waals surface area contributed by atoms with E-state index in [1.54, 1.807) is 18.2 Å². The summed E-state index contributed by atoms with van der Waals surface area (Å²) < 4.78 is 11.7. The zero-order valence-corrected chi connectivity index (χ0v) is 21.3. The van der Waals surface area contributed by atoms with Gasteiger partial charge in [0.15, 0.2) is 0 Å². The fourth-order valence-electron chi connectivity index (χ4n) is 5.17. The number of aryl methyl sites for hydroxylation is 2. The van der Waals surface area contributed by atoms with Crippen LogP contribution in [0.15, 0.2) is 22.6 Å². The molecule has 1 aliphatic rings. The molecular formula is C29H42O6. The van der Waals surface area contributed by atoms with Crippen molar-refractivity contribution >= 4 is 22.9 Å². The molecule has 0 amide bonds. The average molecular weight is 487 g/mol. The Bertz CT molecular complexity index is 945. The van der Waals surface area contributed by atoms with Crippen molar-refractivity contribution in [3.63, 3.8) is 0 Å². The molecule has 0 aliphatic heterocycles. The molecule has 0 fully saturated rings. The molecule has 0 saturated heterocycles. The normalized spacial score (nSPS) is 13.6. The van der Waals surface area contributed by atoms with E-state index in [1.807, 2.05) is 0 Å². The van der Waals surface area contributed by atoms with E-state index in [9.17, 15) is 19.8 Å². The zero-order valence-electron chi connectivity index (χ0n) is 21.3. The number of fused-ring (bicyclic) bond motifs is 3. The van der Waals surface area contributed by atoms with E-state index < -0.39 is 17.5 Å². The van der Waals surface area contributed by atoms with Crippen LogP contribution in [0.5, 0.6) is 5.75 Å². The van der Waals surface area contributed by atoms with Crippen molar-refractivity contribution in [2.45, 2.75) is 122 Å². The number of carboxylic acid groups (broad SMARTS) is 2. The van der Waals surface area contributed by atoms with Gasteiger partial charge in [-0.15, -0.1) is 0 Å². The van der Waals surface area contributed by atoms with E-state index in [0.29, 0.717) is 6.42 Å². The van der Waals surface area contributed by atoms with Crippen molar-refractivity contribution in [1.29, 1.82) is 0 Å². The molecule has 0 atom stereocenters. The molecule has 2 N–H and O–H groups in total.